The summed E-state index contributed by atoms with van der Waals surface area (Å²) in [5.41, 5.74) is 0.0490. The Labute approximate surface area is 185 Å². The van der Waals surface area contributed by atoms with Gasteiger partial charge in [0.25, 0.3) is 0 Å². The Kier molecular flexibility index (Phi) is 10.8. The maximum Gasteiger partial charge on any atom is 0.0760 e. The van der Waals surface area contributed by atoms with E-state index in [4.69, 9.17) is 9.47 Å². The molecule has 4 nitrogen and oxygen atoms in total. The van der Waals surface area contributed by atoms with E-state index in [1.165, 1.54) is 12.8 Å². The molecule has 0 aromatic heterocycles. The van der Waals surface area contributed by atoms with Crippen LogP contribution in [-0.2, 0) is 9.47 Å². The summed E-state index contributed by atoms with van der Waals surface area (Å²) in [7, 11) is 0. The first-order valence-corrected chi connectivity index (χ1v) is 12.4. The first kappa shape index (κ1) is 25.8. The molecule has 2 aliphatic heterocycles. The molecule has 30 heavy (non-hydrogen) atoms. The molecular formula is C26H48O4. The van der Waals surface area contributed by atoms with E-state index in [0.717, 1.165) is 64.2 Å². The van der Waals surface area contributed by atoms with Crippen LogP contribution in [0.25, 0.3) is 0 Å². The van der Waals surface area contributed by atoms with Gasteiger partial charge in [0.05, 0.1) is 24.4 Å². The molecule has 0 radical (unpaired) electrons. The molecule has 2 N–H and O–H groups in total. The van der Waals surface area contributed by atoms with Gasteiger partial charge < -0.3 is 19.7 Å². The molecule has 0 bridgehead atoms. The van der Waals surface area contributed by atoms with Crippen LogP contribution in [0.5, 0.6) is 0 Å². The average molecular weight is 425 g/mol. The highest BCUT2D eigenvalue weighted by Gasteiger charge is 2.25. The zero-order chi connectivity index (χ0) is 22.0. The van der Waals surface area contributed by atoms with Crippen molar-refractivity contribution < 1.29 is 19.7 Å². The molecule has 2 heterocycles. The number of aliphatic hydroxyl groups is 2. The lowest BCUT2D eigenvalue weighted by molar-refractivity contribution is -0.0395. The van der Waals surface area contributed by atoms with Crippen LogP contribution in [0.3, 0.4) is 0 Å². The molecule has 0 spiro atoms. The number of hydrogen-bond acceptors (Lipinski definition) is 4. The molecule has 176 valence electrons. The van der Waals surface area contributed by atoms with Gasteiger partial charge in [0.2, 0.25) is 0 Å². The van der Waals surface area contributed by atoms with Crippen molar-refractivity contribution >= 4 is 0 Å². The summed E-state index contributed by atoms with van der Waals surface area (Å²) in [6.45, 7) is 9.03. The fraction of sp³-hybridized carbons (Fsp3) is 0.923. The van der Waals surface area contributed by atoms with Crippen LogP contribution in [0.2, 0.25) is 0 Å². The molecule has 2 saturated heterocycles. The largest absolute Gasteiger partial charge is 0.396 e. The van der Waals surface area contributed by atoms with E-state index >= 15 is 0 Å². The summed E-state index contributed by atoms with van der Waals surface area (Å²) in [4.78, 5) is 0. The SMILES string of the molecule is CC(C)(CO)CCCC1CCCC(/C=C\C2CCCC(CCCC(C)(C)CO)O2)O1. The van der Waals surface area contributed by atoms with Crippen molar-refractivity contribution in [1.82, 2.24) is 0 Å². The van der Waals surface area contributed by atoms with Crippen molar-refractivity contribution in [3.8, 4) is 0 Å². The molecule has 4 heteroatoms. The second-order valence-corrected chi connectivity index (χ2v) is 11.3. The molecule has 0 aliphatic carbocycles. The van der Waals surface area contributed by atoms with Crippen LogP contribution in [-0.4, -0.2) is 47.8 Å². The van der Waals surface area contributed by atoms with Crippen LogP contribution < -0.4 is 0 Å². The molecule has 0 saturated carbocycles. The van der Waals surface area contributed by atoms with Gasteiger partial charge in [0.15, 0.2) is 0 Å². The molecule has 0 aromatic rings. The second kappa shape index (κ2) is 12.6. The quantitative estimate of drug-likeness (QED) is 0.389. The van der Waals surface area contributed by atoms with E-state index in [0.29, 0.717) is 12.2 Å². The third kappa shape index (κ3) is 9.80. The average Bonchev–Trinajstić information content (AvgIpc) is 2.73. The lowest BCUT2D eigenvalue weighted by Gasteiger charge is -2.31. The topological polar surface area (TPSA) is 58.9 Å². The van der Waals surface area contributed by atoms with E-state index in [-0.39, 0.29) is 36.3 Å². The molecule has 4 unspecified atom stereocenters. The lowest BCUT2D eigenvalue weighted by atomic mass is 9.87. The van der Waals surface area contributed by atoms with E-state index < -0.39 is 0 Å². The van der Waals surface area contributed by atoms with Crippen molar-refractivity contribution in [1.29, 1.82) is 0 Å². The molecule has 0 amide bonds. The van der Waals surface area contributed by atoms with Gasteiger partial charge in [0, 0.05) is 13.2 Å². The van der Waals surface area contributed by atoms with Gasteiger partial charge in [-0.25, -0.2) is 0 Å². The van der Waals surface area contributed by atoms with E-state index in [1.54, 1.807) is 0 Å². The summed E-state index contributed by atoms with van der Waals surface area (Å²) in [5.74, 6) is 0. The summed E-state index contributed by atoms with van der Waals surface area (Å²) in [5, 5.41) is 18.8. The predicted octanol–water partition coefficient (Wildman–Crippen LogP) is 5.80. The maximum atomic E-state index is 9.42. The first-order chi connectivity index (χ1) is 14.2. The van der Waals surface area contributed by atoms with Gasteiger partial charge in [-0.15, -0.1) is 0 Å². The highest BCUT2D eigenvalue weighted by Crippen LogP contribution is 2.29. The number of rotatable bonds is 12. The number of ether oxygens (including phenoxy) is 2. The number of hydrogen-bond donors (Lipinski definition) is 2. The Morgan fingerprint density at radius 1 is 0.700 bits per heavy atom. The Bertz CT molecular complexity index is 455. The third-order valence-electron chi connectivity index (χ3n) is 6.92. The molecule has 2 rings (SSSR count). The van der Waals surface area contributed by atoms with Gasteiger partial charge >= 0.3 is 0 Å². The van der Waals surface area contributed by atoms with Gasteiger partial charge in [-0.05, 0) is 75.0 Å². The zero-order valence-electron chi connectivity index (χ0n) is 20.1. The van der Waals surface area contributed by atoms with Crippen LogP contribution in [0.15, 0.2) is 12.2 Å². The van der Waals surface area contributed by atoms with Crippen molar-refractivity contribution in [2.45, 2.75) is 129 Å². The third-order valence-corrected chi connectivity index (χ3v) is 6.92. The second-order valence-electron chi connectivity index (χ2n) is 11.3. The summed E-state index contributed by atoms with van der Waals surface area (Å²) >= 11 is 0. The maximum absolute atomic E-state index is 9.42. The molecule has 4 atom stereocenters. The van der Waals surface area contributed by atoms with Gasteiger partial charge in [-0.2, -0.15) is 0 Å². The predicted molar refractivity (Wildman–Crippen MR) is 124 cm³/mol. The fourth-order valence-electron chi connectivity index (χ4n) is 4.59. The van der Waals surface area contributed by atoms with E-state index in [1.807, 2.05) is 0 Å². The highest BCUT2D eigenvalue weighted by atomic mass is 16.5. The van der Waals surface area contributed by atoms with Crippen LogP contribution in [0, 0.1) is 10.8 Å². The molecule has 2 fully saturated rings. The Balaban J connectivity index is 1.70. The van der Waals surface area contributed by atoms with E-state index in [9.17, 15) is 10.2 Å². The summed E-state index contributed by atoms with van der Waals surface area (Å²) in [6.07, 6.45) is 19.2. The van der Waals surface area contributed by atoms with Gasteiger partial charge in [-0.3, -0.25) is 0 Å². The van der Waals surface area contributed by atoms with Crippen LogP contribution in [0.4, 0.5) is 0 Å². The van der Waals surface area contributed by atoms with Gasteiger partial charge in [0.1, 0.15) is 0 Å². The normalized spacial score (nSPS) is 28.9. The van der Waals surface area contributed by atoms with Crippen molar-refractivity contribution in [3.05, 3.63) is 12.2 Å². The Hall–Kier alpha value is -0.420. The minimum absolute atomic E-state index is 0.0245. The molecular weight excluding hydrogens is 376 g/mol. The monoisotopic (exact) mass is 424 g/mol. The van der Waals surface area contributed by atoms with Crippen LogP contribution >= 0.6 is 0 Å². The molecule has 2 aliphatic rings. The molecule has 0 aromatic carbocycles. The van der Waals surface area contributed by atoms with Crippen molar-refractivity contribution in [2.24, 2.45) is 10.8 Å². The Morgan fingerprint density at radius 3 is 1.47 bits per heavy atom. The van der Waals surface area contributed by atoms with Gasteiger partial charge in [-0.1, -0.05) is 52.7 Å². The van der Waals surface area contributed by atoms with Crippen LogP contribution in [0.1, 0.15) is 105 Å². The zero-order valence-corrected chi connectivity index (χ0v) is 20.1. The minimum atomic E-state index is 0.0245. The van der Waals surface area contributed by atoms with Crippen molar-refractivity contribution in [2.75, 3.05) is 13.2 Å². The van der Waals surface area contributed by atoms with E-state index in [2.05, 4.69) is 39.8 Å². The van der Waals surface area contributed by atoms with Crippen molar-refractivity contribution in [3.63, 3.8) is 0 Å². The summed E-state index contributed by atoms with van der Waals surface area (Å²) in [6, 6.07) is 0. The standard InChI is InChI=1S/C26H48O4/c1-25(2,19-27)17-7-13-21-9-5-11-23(29-21)15-16-24-12-6-10-22(30-24)14-8-18-26(3,4)20-28/h15-16,21-24,27-28H,5-14,17-20H2,1-4H3/b16-15-. The number of aliphatic hydroxyl groups excluding tert-OH is 2. The Morgan fingerprint density at radius 2 is 1.10 bits per heavy atom. The smallest absolute Gasteiger partial charge is 0.0760 e. The highest BCUT2D eigenvalue weighted by molar-refractivity contribution is 4.98. The first-order valence-electron chi connectivity index (χ1n) is 12.4. The lowest BCUT2D eigenvalue weighted by Crippen LogP contribution is -2.29. The minimum Gasteiger partial charge on any atom is -0.396 e. The fourth-order valence-corrected chi connectivity index (χ4v) is 4.59. The summed E-state index contributed by atoms with van der Waals surface area (Å²) < 4.78 is 12.7.